The summed E-state index contributed by atoms with van der Waals surface area (Å²) in [6, 6.07) is 6.37. The summed E-state index contributed by atoms with van der Waals surface area (Å²) in [5.74, 6) is -6.05. The summed E-state index contributed by atoms with van der Waals surface area (Å²) < 4.78 is 68.3. The second-order valence-corrected chi connectivity index (χ2v) is 18.7. The quantitative estimate of drug-likeness (QED) is 0.0277. The van der Waals surface area contributed by atoms with Crippen LogP contribution < -0.4 is 20.9 Å². The Hall–Kier alpha value is -5.02. The van der Waals surface area contributed by atoms with E-state index in [1.807, 2.05) is 5.48 Å². The fraction of sp³-hybridized carbons (Fsp3) is 0.651. The van der Waals surface area contributed by atoms with Gasteiger partial charge in [0.2, 0.25) is 12.6 Å². The van der Waals surface area contributed by atoms with Gasteiger partial charge < -0.3 is 87.5 Å². The Morgan fingerprint density at radius 3 is 1.36 bits per heavy atom. The van der Waals surface area contributed by atoms with E-state index in [0.717, 1.165) is 55.4 Å². The van der Waals surface area contributed by atoms with Gasteiger partial charge in [0.05, 0.1) is 6.61 Å². The molecule has 1 aromatic rings. The number of rotatable bonds is 18. The van der Waals surface area contributed by atoms with Crippen LogP contribution in [0.3, 0.4) is 0 Å². The SMILES string of the molecule is CC(=O)OCC1OC(ONC(Cl)(Cl)Cl)C(OC(C)=O)C(OC(C)=O)C1OC(C)=O.CNC(=S)Nc1ccc(OC2OC(CO)C(O)C(OC3OC(COC(C)=O)C(OC(C)=O)C(OC(C)=O)C3OC(C)=O)C2O)cc1. The molecule has 422 valence electrons. The highest BCUT2D eigenvalue weighted by atomic mass is 35.6. The maximum atomic E-state index is 12.2. The number of nitrogens with one attached hydrogen (secondary N) is 3. The smallest absolute Gasteiger partial charge is 0.303 e. The van der Waals surface area contributed by atoms with Crippen molar-refractivity contribution in [1.82, 2.24) is 10.8 Å². The van der Waals surface area contributed by atoms with Crippen molar-refractivity contribution >= 4 is 106 Å². The van der Waals surface area contributed by atoms with Crippen LogP contribution in [0.15, 0.2) is 24.3 Å². The monoisotopic (exact) mass is 1150 g/mol. The minimum Gasteiger partial charge on any atom is -0.463 e. The number of carbonyl (C=O) groups is 8. The molecule has 32 heteroatoms. The number of carbonyl (C=O) groups excluding carboxylic acids is 8. The molecule has 3 aliphatic rings. The maximum Gasteiger partial charge on any atom is 0.303 e. The van der Waals surface area contributed by atoms with Crippen LogP contribution in [-0.2, 0) is 100 Å². The van der Waals surface area contributed by atoms with Crippen LogP contribution in [0.1, 0.15) is 55.4 Å². The van der Waals surface area contributed by atoms with Gasteiger partial charge in [-0.2, -0.15) is 5.48 Å². The lowest BCUT2D eigenvalue weighted by atomic mass is 9.96. The van der Waals surface area contributed by atoms with Crippen molar-refractivity contribution in [2.45, 2.75) is 151 Å². The number of aliphatic hydroxyl groups excluding tert-OH is 3. The Morgan fingerprint density at radius 1 is 0.560 bits per heavy atom. The van der Waals surface area contributed by atoms with Gasteiger partial charge >= 0.3 is 47.8 Å². The molecule has 75 heavy (non-hydrogen) atoms. The number of benzene rings is 1. The van der Waals surface area contributed by atoms with Crippen molar-refractivity contribution < 1.29 is 120 Å². The van der Waals surface area contributed by atoms with Crippen LogP contribution in [0.5, 0.6) is 5.75 Å². The Balaban J connectivity index is 0.000000440. The summed E-state index contributed by atoms with van der Waals surface area (Å²) in [5.41, 5.74) is 2.66. The highest BCUT2D eigenvalue weighted by Crippen LogP contribution is 2.35. The van der Waals surface area contributed by atoms with Gasteiger partial charge in [-0.15, -0.1) is 0 Å². The van der Waals surface area contributed by atoms with Gasteiger partial charge in [-0.1, -0.05) is 34.8 Å². The largest absolute Gasteiger partial charge is 0.463 e. The molecule has 15 atom stereocenters. The number of hydroxylamine groups is 1. The van der Waals surface area contributed by atoms with E-state index in [2.05, 4.69) is 10.6 Å². The molecule has 1 aromatic carbocycles. The number of esters is 8. The lowest BCUT2D eigenvalue weighted by Gasteiger charge is -2.47. The molecule has 0 bridgehead atoms. The summed E-state index contributed by atoms with van der Waals surface area (Å²) >= 11 is 21.8. The normalized spacial score (nSPS) is 29.2. The number of halogens is 3. The third kappa shape index (κ3) is 21.1. The second-order valence-electron chi connectivity index (χ2n) is 16.0. The van der Waals surface area contributed by atoms with E-state index in [4.69, 9.17) is 113 Å². The number of hydrogen-bond donors (Lipinski definition) is 6. The van der Waals surface area contributed by atoms with Crippen LogP contribution in [-0.4, -0.2) is 191 Å². The Bertz CT molecular complexity index is 2140. The van der Waals surface area contributed by atoms with Gasteiger partial charge in [0.25, 0.3) is 3.92 Å². The summed E-state index contributed by atoms with van der Waals surface area (Å²) in [5, 5.41) is 38.3. The average molecular weight is 1160 g/mol. The van der Waals surface area contributed by atoms with Crippen LogP contribution in [0.4, 0.5) is 5.69 Å². The molecule has 3 fully saturated rings. The number of ether oxygens (including phenoxy) is 13. The van der Waals surface area contributed by atoms with Crippen LogP contribution in [0.25, 0.3) is 0 Å². The number of hydrogen-bond acceptors (Lipinski definition) is 27. The first-order valence-corrected chi connectivity index (χ1v) is 23.7. The van der Waals surface area contributed by atoms with Crippen molar-refractivity contribution in [3.63, 3.8) is 0 Å². The molecule has 3 saturated heterocycles. The lowest BCUT2D eigenvalue weighted by molar-refractivity contribution is -0.354. The Morgan fingerprint density at radius 2 is 0.960 bits per heavy atom. The Labute approximate surface area is 448 Å². The minimum absolute atomic E-state index is 0.226. The van der Waals surface area contributed by atoms with E-state index in [9.17, 15) is 53.7 Å². The fourth-order valence-electron chi connectivity index (χ4n) is 7.12. The molecule has 0 aromatic heterocycles. The number of aliphatic hydroxyl groups is 3. The molecule has 0 aliphatic carbocycles. The van der Waals surface area contributed by atoms with Gasteiger partial charge in [-0.25, -0.2) is 0 Å². The van der Waals surface area contributed by atoms with Gasteiger partial charge in [0.15, 0.2) is 48.0 Å². The van der Waals surface area contributed by atoms with E-state index < -0.39 is 164 Å². The minimum atomic E-state index is -2.08. The van der Waals surface area contributed by atoms with Gasteiger partial charge in [-0.3, -0.25) is 43.2 Å². The molecule has 0 saturated carbocycles. The third-order valence-electron chi connectivity index (χ3n) is 9.89. The average Bonchev–Trinajstić information content (AvgIpc) is 3.29. The van der Waals surface area contributed by atoms with E-state index in [1.165, 1.54) is 0 Å². The molecule has 4 rings (SSSR count). The molecule has 15 unspecified atom stereocenters. The van der Waals surface area contributed by atoms with Gasteiger partial charge in [0, 0.05) is 68.1 Å². The van der Waals surface area contributed by atoms with Crippen molar-refractivity contribution in [2.75, 3.05) is 32.2 Å². The molecule has 3 heterocycles. The fourth-order valence-corrected chi connectivity index (χ4v) is 7.37. The van der Waals surface area contributed by atoms with Crippen LogP contribution in [0.2, 0.25) is 0 Å². The zero-order chi connectivity index (χ0) is 56.5. The first kappa shape index (κ1) is 64.3. The Kier molecular flexibility index (Phi) is 25.8. The highest BCUT2D eigenvalue weighted by Gasteiger charge is 2.57. The molecule has 0 spiro atoms. The number of thiocarbonyl (C=S) groups is 1. The van der Waals surface area contributed by atoms with Gasteiger partial charge in [-0.05, 0) is 36.5 Å². The summed E-state index contributed by atoms with van der Waals surface area (Å²) in [6.45, 7) is 7.04. The molecule has 6 N–H and O–H groups in total. The first-order valence-electron chi connectivity index (χ1n) is 22.2. The second kappa shape index (κ2) is 30.1. The van der Waals surface area contributed by atoms with E-state index in [-0.39, 0.29) is 5.75 Å². The van der Waals surface area contributed by atoms with Crippen molar-refractivity contribution in [1.29, 1.82) is 0 Å². The van der Waals surface area contributed by atoms with Crippen LogP contribution in [0, 0.1) is 0 Å². The van der Waals surface area contributed by atoms with Crippen molar-refractivity contribution in [3.05, 3.63) is 24.3 Å². The summed E-state index contributed by atoms with van der Waals surface area (Å²) in [7, 11) is 1.65. The van der Waals surface area contributed by atoms with Gasteiger partial charge in [0.1, 0.15) is 55.6 Å². The topological polar surface area (TPSA) is 363 Å². The maximum absolute atomic E-state index is 12.2. The van der Waals surface area contributed by atoms with E-state index in [0.29, 0.717) is 10.8 Å². The zero-order valence-corrected chi connectivity index (χ0v) is 44.5. The molecular weight excluding hydrogens is 1100 g/mol. The number of alkyl halides is 3. The molecule has 0 radical (unpaired) electrons. The summed E-state index contributed by atoms with van der Waals surface area (Å²) in [6.07, 6.45) is -22.4. The third-order valence-corrected chi connectivity index (χ3v) is 10.4. The van der Waals surface area contributed by atoms with Crippen molar-refractivity contribution in [3.8, 4) is 5.75 Å². The molecule has 3 aliphatic heterocycles. The highest BCUT2D eigenvalue weighted by molar-refractivity contribution is 7.80. The van der Waals surface area contributed by atoms with E-state index in [1.54, 1.807) is 31.3 Å². The van der Waals surface area contributed by atoms with Crippen molar-refractivity contribution in [2.24, 2.45) is 0 Å². The standard InChI is InChI=1S/C28H38N2O15S.C15H20Cl3NO10/c1-12(32)38-11-19-22(39-13(2)33)24(40-14(3)34)25(41-15(4)35)27(44-19)45-23-20(36)18(10-31)43-26(21(23)37)42-17-8-6-16(7-9-17)30-28(46)29-5;1-6(20)24-5-10-11(25-7(2)21)12(26-8(3)22)13(27-9(4)23)14(28-10)29-19-15(16,17)18/h6-9,18-27,31,36-37H,10-11H2,1-5H3,(H2,29,30,46);10-14,19H,5H2,1-4H3. The predicted molar refractivity (Wildman–Crippen MR) is 253 cm³/mol. The predicted octanol–water partition coefficient (Wildman–Crippen LogP) is -0.193. The molecular formula is C43H58Cl3N3O25S. The summed E-state index contributed by atoms with van der Waals surface area (Å²) in [4.78, 5) is 98.9. The van der Waals surface area contributed by atoms with Crippen LogP contribution >= 0.6 is 47.0 Å². The zero-order valence-electron chi connectivity index (χ0n) is 41.5. The molecule has 28 nitrogen and oxygen atoms in total. The molecule has 0 amide bonds. The lowest BCUT2D eigenvalue weighted by Crippen LogP contribution is -2.66. The first-order chi connectivity index (χ1) is 35.0. The van der Waals surface area contributed by atoms with E-state index >= 15 is 0 Å². The number of anilines is 1.